The number of nitrogens with zero attached hydrogens (tertiary/aromatic N) is 2. The first-order valence-electron chi connectivity index (χ1n) is 6.10. The van der Waals surface area contributed by atoms with Crippen molar-refractivity contribution in [1.29, 1.82) is 0 Å². The Morgan fingerprint density at radius 2 is 2.12 bits per heavy atom. The smallest absolute Gasteiger partial charge is 0.144 e. The molecule has 4 N–H and O–H groups in total. The number of morpholine rings is 1. The molecule has 1 aliphatic heterocycles. The zero-order valence-corrected chi connectivity index (χ0v) is 10.8. The summed E-state index contributed by atoms with van der Waals surface area (Å²) in [6.07, 6.45) is 1.88. The molecule has 100 valence electrons. The van der Waals surface area contributed by atoms with Crippen molar-refractivity contribution < 1.29 is 9.94 Å². The maximum absolute atomic E-state index is 8.66. The number of hydrogen-bond acceptors (Lipinski definition) is 5. The highest BCUT2D eigenvalue weighted by Crippen LogP contribution is 2.21. The summed E-state index contributed by atoms with van der Waals surface area (Å²) in [4.78, 5) is 0. The number of hydrogen-bond donors (Lipinski definition) is 3. The lowest BCUT2D eigenvalue weighted by Gasteiger charge is -2.28. The van der Waals surface area contributed by atoms with Crippen LogP contribution >= 0.6 is 0 Å². The predicted octanol–water partition coefficient (Wildman–Crippen LogP) is 0.376. The van der Waals surface area contributed by atoms with Crippen molar-refractivity contribution in [3.8, 4) is 0 Å². The van der Waals surface area contributed by atoms with Gasteiger partial charge in [0.05, 0.1) is 13.2 Å². The lowest BCUT2D eigenvalue weighted by atomic mass is 9.87. The van der Waals surface area contributed by atoms with Gasteiger partial charge in [-0.3, -0.25) is 5.43 Å². The number of amidine groups is 1. The Balaban J connectivity index is 2.14. The largest absolute Gasteiger partial charge is 0.409 e. The fourth-order valence-electron chi connectivity index (χ4n) is 1.75. The van der Waals surface area contributed by atoms with E-state index in [0.717, 1.165) is 45.7 Å². The number of nitrogens with one attached hydrogen (secondary N) is 1. The molecule has 6 nitrogen and oxygen atoms in total. The predicted molar refractivity (Wildman–Crippen MR) is 66.8 cm³/mol. The summed E-state index contributed by atoms with van der Waals surface area (Å²) in [6, 6.07) is 0. The molecule has 0 spiro atoms. The Kier molecular flexibility index (Phi) is 5.67. The van der Waals surface area contributed by atoms with Gasteiger partial charge in [-0.05, 0) is 12.8 Å². The van der Waals surface area contributed by atoms with E-state index >= 15 is 0 Å². The minimum absolute atomic E-state index is 0.249. The molecule has 6 heteroatoms. The molecule has 0 aromatic rings. The van der Waals surface area contributed by atoms with E-state index in [9.17, 15) is 0 Å². The van der Waals surface area contributed by atoms with Crippen molar-refractivity contribution in [2.75, 3.05) is 32.8 Å². The van der Waals surface area contributed by atoms with Crippen molar-refractivity contribution in [1.82, 2.24) is 10.4 Å². The zero-order valence-electron chi connectivity index (χ0n) is 10.8. The molecular formula is C11H24N4O2. The van der Waals surface area contributed by atoms with Crippen molar-refractivity contribution in [2.45, 2.75) is 26.7 Å². The summed E-state index contributed by atoms with van der Waals surface area (Å²) in [5.41, 5.74) is 8.74. The van der Waals surface area contributed by atoms with Crippen LogP contribution in [0, 0.1) is 5.41 Å². The van der Waals surface area contributed by atoms with Gasteiger partial charge in [0, 0.05) is 25.0 Å². The second kappa shape index (κ2) is 6.78. The van der Waals surface area contributed by atoms with Crippen LogP contribution in [0.15, 0.2) is 5.16 Å². The highest BCUT2D eigenvalue weighted by Gasteiger charge is 2.22. The zero-order chi connectivity index (χ0) is 12.7. The van der Waals surface area contributed by atoms with E-state index in [-0.39, 0.29) is 5.41 Å². The van der Waals surface area contributed by atoms with Crippen LogP contribution in [0.3, 0.4) is 0 Å². The Morgan fingerprint density at radius 1 is 1.47 bits per heavy atom. The molecule has 1 aliphatic rings. The fraction of sp³-hybridized carbons (Fsp3) is 0.909. The molecule has 1 rings (SSSR count). The van der Waals surface area contributed by atoms with E-state index < -0.39 is 0 Å². The van der Waals surface area contributed by atoms with Gasteiger partial charge in [-0.2, -0.15) is 0 Å². The standard InChI is InChI=1S/C11H24N4O2/c1-11(2,10(12)14-16)4-3-5-13-15-6-8-17-9-7-15/h13,16H,3-9H2,1-2H3,(H2,12,14). The Labute approximate surface area is 103 Å². The van der Waals surface area contributed by atoms with Crippen molar-refractivity contribution in [3.05, 3.63) is 0 Å². The van der Waals surface area contributed by atoms with Crippen LogP contribution in [0.4, 0.5) is 0 Å². The third-order valence-electron chi connectivity index (χ3n) is 3.13. The average Bonchev–Trinajstić information content (AvgIpc) is 2.35. The Morgan fingerprint density at radius 3 is 2.71 bits per heavy atom. The van der Waals surface area contributed by atoms with Gasteiger partial charge in [-0.25, -0.2) is 5.01 Å². The van der Waals surface area contributed by atoms with E-state index in [4.69, 9.17) is 15.7 Å². The molecular weight excluding hydrogens is 220 g/mol. The van der Waals surface area contributed by atoms with E-state index in [2.05, 4.69) is 15.6 Å². The van der Waals surface area contributed by atoms with Gasteiger partial charge in [-0.15, -0.1) is 0 Å². The van der Waals surface area contributed by atoms with Crippen LogP contribution in [-0.2, 0) is 4.74 Å². The van der Waals surface area contributed by atoms with Gasteiger partial charge in [0.2, 0.25) is 0 Å². The van der Waals surface area contributed by atoms with Crippen LogP contribution in [-0.4, -0.2) is 48.9 Å². The molecule has 1 fully saturated rings. The van der Waals surface area contributed by atoms with E-state index in [0.29, 0.717) is 5.84 Å². The SMILES string of the molecule is CC(C)(CCCNN1CCOCC1)C(N)=NO. The fourth-order valence-corrected chi connectivity index (χ4v) is 1.75. The Bertz CT molecular complexity index is 250. The van der Waals surface area contributed by atoms with Gasteiger partial charge < -0.3 is 15.7 Å². The van der Waals surface area contributed by atoms with E-state index in [1.807, 2.05) is 13.8 Å². The van der Waals surface area contributed by atoms with Crippen LogP contribution < -0.4 is 11.2 Å². The summed E-state index contributed by atoms with van der Waals surface area (Å²) in [5.74, 6) is 0.295. The minimum Gasteiger partial charge on any atom is -0.409 e. The summed E-state index contributed by atoms with van der Waals surface area (Å²) < 4.78 is 5.26. The van der Waals surface area contributed by atoms with Gasteiger partial charge in [0.15, 0.2) is 0 Å². The molecule has 0 unspecified atom stereocenters. The van der Waals surface area contributed by atoms with Crippen molar-refractivity contribution in [3.63, 3.8) is 0 Å². The molecule has 0 amide bonds. The molecule has 1 saturated heterocycles. The first-order valence-corrected chi connectivity index (χ1v) is 6.10. The number of ether oxygens (including phenoxy) is 1. The average molecular weight is 244 g/mol. The minimum atomic E-state index is -0.249. The number of nitrogens with two attached hydrogens (primary N) is 1. The highest BCUT2D eigenvalue weighted by atomic mass is 16.5. The lowest BCUT2D eigenvalue weighted by Crippen LogP contribution is -2.46. The normalized spacial score (nSPS) is 19.5. The van der Waals surface area contributed by atoms with E-state index in [1.54, 1.807) is 0 Å². The van der Waals surface area contributed by atoms with Crippen LogP contribution in [0.2, 0.25) is 0 Å². The van der Waals surface area contributed by atoms with Gasteiger partial charge in [0.1, 0.15) is 5.84 Å². The number of hydrazine groups is 1. The monoisotopic (exact) mass is 244 g/mol. The molecule has 0 atom stereocenters. The second-order valence-electron chi connectivity index (χ2n) is 4.98. The van der Waals surface area contributed by atoms with Gasteiger partial charge >= 0.3 is 0 Å². The maximum atomic E-state index is 8.66. The Hall–Kier alpha value is -0.850. The first kappa shape index (κ1) is 14.2. The third kappa shape index (κ3) is 4.89. The molecule has 1 heterocycles. The molecule has 0 radical (unpaired) electrons. The number of oxime groups is 1. The summed E-state index contributed by atoms with van der Waals surface area (Å²) in [6.45, 7) is 8.33. The first-order chi connectivity index (χ1) is 8.06. The molecule has 0 aromatic heterocycles. The van der Waals surface area contributed by atoms with Crippen molar-refractivity contribution in [2.24, 2.45) is 16.3 Å². The quantitative estimate of drug-likeness (QED) is 0.207. The molecule has 0 aromatic carbocycles. The van der Waals surface area contributed by atoms with Gasteiger partial charge in [-0.1, -0.05) is 19.0 Å². The van der Waals surface area contributed by atoms with Gasteiger partial charge in [0.25, 0.3) is 0 Å². The maximum Gasteiger partial charge on any atom is 0.144 e. The topological polar surface area (TPSA) is 83.1 Å². The number of rotatable bonds is 6. The van der Waals surface area contributed by atoms with E-state index in [1.165, 1.54) is 0 Å². The molecule has 17 heavy (non-hydrogen) atoms. The van der Waals surface area contributed by atoms with Crippen LogP contribution in [0.25, 0.3) is 0 Å². The highest BCUT2D eigenvalue weighted by molar-refractivity contribution is 5.85. The molecule has 0 bridgehead atoms. The summed E-state index contributed by atoms with van der Waals surface area (Å²) in [5, 5.41) is 13.9. The van der Waals surface area contributed by atoms with Crippen LogP contribution in [0.5, 0.6) is 0 Å². The molecule has 0 saturated carbocycles. The van der Waals surface area contributed by atoms with Crippen molar-refractivity contribution >= 4 is 5.84 Å². The summed E-state index contributed by atoms with van der Waals surface area (Å²) >= 11 is 0. The lowest BCUT2D eigenvalue weighted by molar-refractivity contribution is 0.0116. The summed E-state index contributed by atoms with van der Waals surface area (Å²) in [7, 11) is 0. The van der Waals surface area contributed by atoms with Crippen LogP contribution in [0.1, 0.15) is 26.7 Å². The second-order valence-corrected chi connectivity index (χ2v) is 4.98. The molecule has 0 aliphatic carbocycles. The third-order valence-corrected chi connectivity index (χ3v) is 3.13.